The number of carbonyl (C=O) groups is 1. The number of hydrogen-bond donors (Lipinski definition) is 1. The number of fused-ring (bicyclic) bond motifs is 2. The second-order valence-corrected chi connectivity index (χ2v) is 8.17. The van der Waals surface area contributed by atoms with E-state index >= 15 is 0 Å². The van der Waals surface area contributed by atoms with Crippen LogP contribution in [-0.2, 0) is 9.54 Å². The molecule has 1 aliphatic carbocycles. The van der Waals surface area contributed by atoms with Crippen LogP contribution in [0.25, 0.3) is 5.69 Å². The van der Waals surface area contributed by atoms with Crippen LogP contribution < -0.4 is 10.1 Å². The van der Waals surface area contributed by atoms with Crippen LogP contribution in [0.4, 0.5) is 5.82 Å². The topological polar surface area (TPSA) is 56.1 Å². The van der Waals surface area contributed by atoms with Crippen molar-refractivity contribution in [2.24, 2.45) is 0 Å². The highest BCUT2D eigenvalue weighted by molar-refractivity contribution is 8.00. The number of methoxy groups -OCH3 is 1. The molecule has 1 spiro atoms. The van der Waals surface area contributed by atoms with Crippen molar-refractivity contribution in [2.75, 3.05) is 18.2 Å². The van der Waals surface area contributed by atoms with E-state index in [0.717, 1.165) is 35.8 Å². The number of aromatic nitrogens is 2. The van der Waals surface area contributed by atoms with Crippen molar-refractivity contribution >= 4 is 23.5 Å². The molecule has 2 heterocycles. The van der Waals surface area contributed by atoms with Gasteiger partial charge in [0.25, 0.3) is 0 Å². The van der Waals surface area contributed by atoms with Crippen molar-refractivity contribution in [1.29, 1.82) is 0 Å². The lowest BCUT2D eigenvalue weighted by atomic mass is 9.82. The highest BCUT2D eigenvalue weighted by Crippen LogP contribution is 2.53. The highest BCUT2D eigenvalue weighted by atomic mass is 32.2. The molecule has 1 aliphatic heterocycles. The predicted molar refractivity (Wildman–Crippen MR) is 101 cm³/mol. The minimum atomic E-state index is 0.0154. The van der Waals surface area contributed by atoms with Crippen LogP contribution in [0.15, 0.2) is 24.3 Å². The van der Waals surface area contributed by atoms with E-state index in [1.807, 2.05) is 28.9 Å². The fourth-order valence-corrected chi connectivity index (χ4v) is 5.51. The van der Waals surface area contributed by atoms with Gasteiger partial charge in [0.15, 0.2) is 0 Å². The summed E-state index contributed by atoms with van der Waals surface area (Å²) in [5, 5.41) is 7.91. The first-order valence-electron chi connectivity index (χ1n) is 8.81. The Morgan fingerprint density at radius 2 is 1.92 bits per heavy atom. The Morgan fingerprint density at radius 3 is 2.60 bits per heavy atom. The van der Waals surface area contributed by atoms with Crippen molar-refractivity contribution < 1.29 is 9.53 Å². The van der Waals surface area contributed by atoms with E-state index in [1.165, 1.54) is 24.8 Å². The molecule has 5 nitrogen and oxygen atoms in total. The third-order valence-corrected chi connectivity index (χ3v) is 6.80. The summed E-state index contributed by atoms with van der Waals surface area (Å²) < 4.78 is 7.14. The van der Waals surface area contributed by atoms with E-state index in [2.05, 4.69) is 12.2 Å². The SMILES string of the molecule is COc1ccc(-n2nc(C)c3c2NC(=O)CSC32CCCCC2)cc1. The Bertz CT molecular complexity index is 792. The molecule has 0 unspecified atom stereocenters. The highest BCUT2D eigenvalue weighted by Gasteiger charge is 2.42. The molecule has 1 saturated carbocycles. The zero-order valence-corrected chi connectivity index (χ0v) is 15.5. The van der Waals surface area contributed by atoms with Crippen LogP contribution in [0, 0.1) is 6.92 Å². The predicted octanol–water partition coefficient (Wildman–Crippen LogP) is 4.03. The Kier molecular flexibility index (Phi) is 4.23. The number of carbonyl (C=O) groups excluding carboxylic acids is 1. The molecule has 0 atom stereocenters. The fourth-order valence-electron chi connectivity index (χ4n) is 4.06. The molecular formula is C19H23N3O2S. The molecule has 1 aromatic heterocycles. The molecule has 1 N–H and O–H groups in total. The minimum Gasteiger partial charge on any atom is -0.497 e. The summed E-state index contributed by atoms with van der Waals surface area (Å²) >= 11 is 1.80. The maximum atomic E-state index is 12.4. The lowest BCUT2D eigenvalue weighted by Crippen LogP contribution is -2.26. The molecule has 0 radical (unpaired) electrons. The van der Waals surface area contributed by atoms with Gasteiger partial charge in [-0.05, 0) is 44.0 Å². The smallest absolute Gasteiger partial charge is 0.235 e. The quantitative estimate of drug-likeness (QED) is 0.881. The summed E-state index contributed by atoms with van der Waals surface area (Å²) in [5.74, 6) is 2.22. The number of nitrogens with zero attached hydrogens (tertiary/aromatic N) is 2. The second kappa shape index (κ2) is 6.41. The third kappa shape index (κ3) is 2.82. The monoisotopic (exact) mass is 357 g/mol. The van der Waals surface area contributed by atoms with E-state index < -0.39 is 0 Å². The van der Waals surface area contributed by atoms with Gasteiger partial charge in [-0.2, -0.15) is 5.10 Å². The summed E-state index contributed by atoms with van der Waals surface area (Å²) in [6.45, 7) is 2.06. The van der Waals surface area contributed by atoms with E-state index in [9.17, 15) is 4.79 Å². The summed E-state index contributed by atoms with van der Waals surface area (Å²) in [7, 11) is 1.66. The number of nitrogens with one attached hydrogen (secondary N) is 1. The van der Waals surface area contributed by atoms with Crippen LogP contribution in [0.3, 0.4) is 0 Å². The van der Waals surface area contributed by atoms with Crippen molar-refractivity contribution in [3.63, 3.8) is 0 Å². The average molecular weight is 357 g/mol. The first kappa shape index (κ1) is 16.5. The summed E-state index contributed by atoms with van der Waals surface area (Å²) in [6.07, 6.45) is 5.95. The first-order valence-corrected chi connectivity index (χ1v) is 9.80. The van der Waals surface area contributed by atoms with Gasteiger partial charge >= 0.3 is 0 Å². The van der Waals surface area contributed by atoms with Crippen LogP contribution in [-0.4, -0.2) is 28.6 Å². The normalized spacial score (nSPS) is 19.2. The van der Waals surface area contributed by atoms with Crippen LogP contribution in [0.5, 0.6) is 5.75 Å². The van der Waals surface area contributed by atoms with Crippen LogP contribution in [0.2, 0.25) is 0 Å². The number of amides is 1. The number of benzene rings is 1. The number of anilines is 1. The van der Waals surface area contributed by atoms with Crippen molar-refractivity contribution in [1.82, 2.24) is 9.78 Å². The summed E-state index contributed by atoms with van der Waals surface area (Å²) in [5.41, 5.74) is 3.17. The third-order valence-electron chi connectivity index (χ3n) is 5.23. The lowest BCUT2D eigenvalue weighted by Gasteiger charge is -2.36. The van der Waals surface area contributed by atoms with Gasteiger partial charge in [0.2, 0.25) is 5.91 Å². The molecule has 2 aromatic rings. The molecule has 0 saturated heterocycles. The molecular weight excluding hydrogens is 334 g/mol. The Labute approximate surface area is 152 Å². The fraction of sp³-hybridized carbons (Fsp3) is 0.474. The molecule has 1 fully saturated rings. The second-order valence-electron chi connectivity index (χ2n) is 6.81. The zero-order chi connectivity index (χ0) is 17.4. The first-order chi connectivity index (χ1) is 12.1. The van der Waals surface area contributed by atoms with Gasteiger partial charge in [0.05, 0.1) is 24.2 Å². The molecule has 2 aliphatic rings. The standard InChI is InChI=1S/C19H23N3O2S/c1-13-17-18(22(21-13)14-6-8-15(24-2)9-7-14)20-16(23)12-25-19(17)10-4-3-5-11-19/h6-9H,3-5,10-12H2,1-2H3,(H,20,23). The molecule has 4 rings (SSSR count). The molecule has 1 amide bonds. The van der Waals surface area contributed by atoms with E-state index in [4.69, 9.17) is 9.84 Å². The van der Waals surface area contributed by atoms with Gasteiger partial charge in [-0.15, -0.1) is 11.8 Å². The van der Waals surface area contributed by atoms with Crippen molar-refractivity contribution in [2.45, 2.75) is 43.8 Å². The zero-order valence-electron chi connectivity index (χ0n) is 14.7. The molecule has 6 heteroatoms. The number of rotatable bonds is 2. The number of hydrogen-bond acceptors (Lipinski definition) is 4. The minimum absolute atomic E-state index is 0.0154. The number of aryl methyl sites for hydroxylation is 1. The van der Waals surface area contributed by atoms with Crippen molar-refractivity contribution in [3.05, 3.63) is 35.5 Å². The summed E-state index contributed by atoms with van der Waals surface area (Å²) in [4.78, 5) is 12.4. The van der Waals surface area contributed by atoms with E-state index in [0.29, 0.717) is 5.75 Å². The van der Waals surface area contributed by atoms with Gasteiger partial charge in [-0.25, -0.2) is 4.68 Å². The van der Waals surface area contributed by atoms with Gasteiger partial charge in [0, 0.05) is 10.3 Å². The summed E-state index contributed by atoms with van der Waals surface area (Å²) in [6, 6.07) is 7.79. The average Bonchev–Trinajstić information content (AvgIpc) is 2.90. The van der Waals surface area contributed by atoms with Gasteiger partial charge in [-0.3, -0.25) is 4.79 Å². The van der Waals surface area contributed by atoms with Gasteiger partial charge in [0.1, 0.15) is 11.6 Å². The lowest BCUT2D eigenvalue weighted by molar-refractivity contribution is -0.113. The van der Waals surface area contributed by atoms with Crippen LogP contribution in [0.1, 0.15) is 43.4 Å². The number of ether oxygens (including phenoxy) is 1. The van der Waals surface area contributed by atoms with E-state index in [-0.39, 0.29) is 10.7 Å². The Balaban J connectivity index is 1.85. The largest absolute Gasteiger partial charge is 0.497 e. The van der Waals surface area contributed by atoms with Gasteiger partial charge in [-0.1, -0.05) is 19.3 Å². The maximum Gasteiger partial charge on any atom is 0.235 e. The molecule has 1 aromatic carbocycles. The van der Waals surface area contributed by atoms with Crippen LogP contribution >= 0.6 is 11.8 Å². The van der Waals surface area contributed by atoms with Gasteiger partial charge < -0.3 is 10.1 Å². The Hall–Kier alpha value is -1.95. The Morgan fingerprint density at radius 1 is 1.20 bits per heavy atom. The molecule has 25 heavy (non-hydrogen) atoms. The van der Waals surface area contributed by atoms with Crippen molar-refractivity contribution in [3.8, 4) is 11.4 Å². The molecule has 0 bridgehead atoms. The maximum absolute atomic E-state index is 12.4. The number of thioether (sulfide) groups is 1. The molecule has 132 valence electrons. The van der Waals surface area contributed by atoms with E-state index in [1.54, 1.807) is 18.9 Å².